The van der Waals surface area contributed by atoms with Crippen molar-refractivity contribution in [2.45, 2.75) is 30.8 Å². The molecule has 0 bridgehead atoms. The minimum Gasteiger partial charge on any atom is -0.395 e. The highest BCUT2D eigenvalue weighted by Crippen LogP contribution is 2.43. The standard InChI is InChI=1S/C22H22N6O4/c1-28-8-7-22(31,21(28)30)15-10-14(27-32-15)12-3-2-4-13(9-12)20-25-17(11-5-6-11)16(23)18(26-20)19(24)29/h2-4,9-11,31H,5-8,23H2,1H3,(H2,24,29). The van der Waals surface area contributed by atoms with E-state index in [1.807, 2.05) is 6.07 Å². The van der Waals surface area contributed by atoms with Crippen molar-refractivity contribution >= 4 is 17.5 Å². The molecule has 1 saturated carbocycles. The average molecular weight is 434 g/mol. The van der Waals surface area contributed by atoms with E-state index in [1.54, 1.807) is 31.3 Å². The number of amides is 2. The third kappa shape index (κ3) is 3.19. The number of likely N-dealkylation sites (tertiary alicyclic amines) is 1. The Morgan fingerprint density at radius 3 is 2.66 bits per heavy atom. The molecule has 2 amide bonds. The zero-order valence-corrected chi connectivity index (χ0v) is 17.4. The number of primary amides is 1. The minimum absolute atomic E-state index is 0.0112. The van der Waals surface area contributed by atoms with E-state index in [0.29, 0.717) is 34.9 Å². The Bertz CT molecular complexity index is 1250. The molecule has 3 aromatic rings. The van der Waals surface area contributed by atoms with Crippen molar-refractivity contribution in [1.82, 2.24) is 20.0 Å². The summed E-state index contributed by atoms with van der Waals surface area (Å²) < 4.78 is 5.34. The van der Waals surface area contributed by atoms with Gasteiger partial charge in [0.05, 0.1) is 11.4 Å². The van der Waals surface area contributed by atoms with Gasteiger partial charge in [0.15, 0.2) is 17.3 Å². The van der Waals surface area contributed by atoms with E-state index in [-0.39, 0.29) is 29.5 Å². The monoisotopic (exact) mass is 434 g/mol. The van der Waals surface area contributed by atoms with Crippen LogP contribution in [0.1, 0.15) is 47.1 Å². The van der Waals surface area contributed by atoms with Gasteiger partial charge in [0.25, 0.3) is 11.8 Å². The number of rotatable bonds is 5. The van der Waals surface area contributed by atoms with Gasteiger partial charge in [0.1, 0.15) is 5.69 Å². The molecular formula is C22H22N6O4. The highest BCUT2D eigenvalue weighted by molar-refractivity contribution is 5.97. The van der Waals surface area contributed by atoms with Crippen LogP contribution in [0.15, 0.2) is 34.9 Å². The van der Waals surface area contributed by atoms with Gasteiger partial charge in [-0.15, -0.1) is 0 Å². The van der Waals surface area contributed by atoms with Gasteiger partial charge in [-0.25, -0.2) is 9.97 Å². The summed E-state index contributed by atoms with van der Waals surface area (Å²) in [5, 5.41) is 14.8. The molecule has 0 spiro atoms. The molecular weight excluding hydrogens is 412 g/mol. The first-order valence-electron chi connectivity index (χ1n) is 10.3. The number of carbonyl (C=O) groups excluding carboxylic acids is 2. The van der Waals surface area contributed by atoms with Crippen molar-refractivity contribution in [2.24, 2.45) is 5.73 Å². The van der Waals surface area contributed by atoms with E-state index in [2.05, 4.69) is 15.1 Å². The second-order valence-electron chi connectivity index (χ2n) is 8.33. The van der Waals surface area contributed by atoms with Gasteiger partial charge >= 0.3 is 0 Å². The van der Waals surface area contributed by atoms with E-state index in [1.165, 1.54) is 4.90 Å². The Kier molecular flexibility index (Phi) is 4.48. The Hall–Kier alpha value is -3.79. The second kappa shape index (κ2) is 7.13. The molecule has 10 heteroatoms. The van der Waals surface area contributed by atoms with E-state index < -0.39 is 17.4 Å². The molecule has 32 heavy (non-hydrogen) atoms. The predicted octanol–water partition coefficient (Wildman–Crippen LogP) is 1.41. The van der Waals surface area contributed by atoms with Crippen LogP contribution in [0.5, 0.6) is 0 Å². The molecule has 1 saturated heterocycles. The van der Waals surface area contributed by atoms with Gasteiger partial charge in [-0.3, -0.25) is 9.59 Å². The molecule has 0 radical (unpaired) electrons. The number of likely N-dealkylation sites (N-methyl/N-ethyl adjacent to an activating group) is 1. The van der Waals surface area contributed by atoms with E-state index >= 15 is 0 Å². The van der Waals surface area contributed by atoms with Crippen LogP contribution in [0.4, 0.5) is 5.69 Å². The highest BCUT2D eigenvalue weighted by Gasteiger charge is 2.48. The SMILES string of the molecule is CN1CCC(O)(c2cc(-c3cccc(-c4nc(C(N)=O)c(N)c(C5CC5)n4)c3)no2)C1=O. The largest absolute Gasteiger partial charge is 0.395 e. The number of carbonyl (C=O) groups is 2. The fourth-order valence-corrected chi connectivity index (χ4v) is 3.98. The summed E-state index contributed by atoms with van der Waals surface area (Å²) in [6.45, 7) is 0.431. The first-order valence-corrected chi connectivity index (χ1v) is 10.3. The molecule has 10 nitrogen and oxygen atoms in total. The molecule has 1 aliphatic carbocycles. The second-order valence-corrected chi connectivity index (χ2v) is 8.33. The fourth-order valence-electron chi connectivity index (χ4n) is 3.98. The number of anilines is 1. The van der Waals surface area contributed by atoms with Gasteiger partial charge < -0.3 is 26.0 Å². The molecule has 2 fully saturated rings. The maximum atomic E-state index is 12.3. The third-order valence-electron chi connectivity index (χ3n) is 6.02. The van der Waals surface area contributed by atoms with Crippen molar-refractivity contribution in [1.29, 1.82) is 0 Å². The van der Waals surface area contributed by atoms with Crippen molar-refractivity contribution in [3.05, 3.63) is 47.5 Å². The lowest BCUT2D eigenvalue weighted by Crippen LogP contribution is -2.35. The van der Waals surface area contributed by atoms with Crippen LogP contribution in [0.2, 0.25) is 0 Å². The van der Waals surface area contributed by atoms with Crippen LogP contribution in [-0.4, -0.2) is 50.5 Å². The van der Waals surface area contributed by atoms with Gasteiger partial charge in [0.2, 0.25) is 5.60 Å². The van der Waals surface area contributed by atoms with Crippen LogP contribution in [0, 0.1) is 0 Å². The van der Waals surface area contributed by atoms with Crippen LogP contribution >= 0.6 is 0 Å². The molecule has 1 aromatic carbocycles. The number of nitrogens with zero attached hydrogens (tertiary/aromatic N) is 4. The number of hydrogen-bond donors (Lipinski definition) is 3. The molecule has 5 rings (SSSR count). The zero-order valence-electron chi connectivity index (χ0n) is 17.4. The molecule has 1 aliphatic heterocycles. The summed E-state index contributed by atoms with van der Waals surface area (Å²) >= 11 is 0. The van der Waals surface area contributed by atoms with Crippen LogP contribution in [0.3, 0.4) is 0 Å². The van der Waals surface area contributed by atoms with Gasteiger partial charge in [-0.05, 0) is 18.9 Å². The lowest BCUT2D eigenvalue weighted by molar-refractivity contribution is -0.144. The van der Waals surface area contributed by atoms with E-state index in [0.717, 1.165) is 12.8 Å². The first kappa shape index (κ1) is 20.1. The van der Waals surface area contributed by atoms with E-state index in [4.69, 9.17) is 16.0 Å². The average Bonchev–Trinajstić information content (AvgIpc) is 3.44. The quantitative estimate of drug-likeness (QED) is 0.543. The molecule has 5 N–H and O–H groups in total. The Morgan fingerprint density at radius 2 is 2.00 bits per heavy atom. The minimum atomic E-state index is -1.72. The van der Waals surface area contributed by atoms with Crippen LogP contribution in [0.25, 0.3) is 22.6 Å². The summed E-state index contributed by atoms with van der Waals surface area (Å²) in [6.07, 6.45) is 2.14. The normalized spacial score (nSPS) is 20.7. The maximum absolute atomic E-state index is 12.3. The van der Waals surface area contributed by atoms with Crippen molar-refractivity contribution < 1.29 is 19.2 Å². The predicted molar refractivity (Wildman–Crippen MR) is 114 cm³/mol. The summed E-state index contributed by atoms with van der Waals surface area (Å²) in [6, 6.07) is 8.76. The molecule has 164 valence electrons. The third-order valence-corrected chi connectivity index (χ3v) is 6.02. The smallest absolute Gasteiger partial charge is 0.269 e. The summed E-state index contributed by atoms with van der Waals surface area (Å²) in [7, 11) is 1.63. The molecule has 2 aromatic heterocycles. The maximum Gasteiger partial charge on any atom is 0.269 e. The van der Waals surface area contributed by atoms with Gasteiger partial charge in [0, 0.05) is 43.1 Å². The topological polar surface area (TPSA) is 161 Å². The molecule has 3 heterocycles. The lowest BCUT2D eigenvalue weighted by Gasteiger charge is -2.16. The van der Waals surface area contributed by atoms with Crippen LogP contribution in [-0.2, 0) is 10.4 Å². The zero-order chi connectivity index (χ0) is 22.6. The van der Waals surface area contributed by atoms with Crippen molar-refractivity contribution in [3.63, 3.8) is 0 Å². The Labute approximate surface area is 183 Å². The molecule has 2 aliphatic rings. The molecule has 1 atom stereocenters. The number of benzene rings is 1. The van der Waals surface area contributed by atoms with E-state index in [9.17, 15) is 14.7 Å². The Morgan fingerprint density at radius 1 is 1.25 bits per heavy atom. The number of hydrogen-bond acceptors (Lipinski definition) is 8. The number of aromatic nitrogens is 3. The Balaban J connectivity index is 1.52. The summed E-state index contributed by atoms with van der Waals surface area (Å²) in [5.41, 5.74) is 12.5. The number of nitrogen functional groups attached to an aromatic ring is 1. The van der Waals surface area contributed by atoms with Gasteiger partial charge in [-0.2, -0.15) is 0 Å². The van der Waals surface area contributed by atoms with Crippen molar-refractivity contribution in [3.8, 4) is 22.6 Å². The molecule has 1 unspecified atom stereocenters. The summed E-state index contributed by atoms with van der Waals surface area (Å²) in [4.78, 5) is 34.6. The highest BCUT2D eigenvalue weighted by atomic mass is 16.5. The van der Waals surface area contributed by atoms with Crippen molar-refractivity contribution in [2.75, 3.05) is 19.3 Å². The van der Waals surface area contributed by atoms with Gasteiger partial charge in [-0.1, -0.05) is 23.4 Å². The lowest BCUT2D eigenvalue weighted by atomic mass is 9.98. The fraction of sp³-hybridized carbons (Fsp3) is 0.318. The first-order chi connectivity index (χ1) is 15.3. The summed E-state index contributed by atoms with van der Waals surface area (Å²) in [5.74, 6) is -0.478. The van der Waals surface area contributed by atoms with Crippen LogP contribution < -0.4 is 11.5 Å². The number of aliphatic hydroxyl groups is 1. The number of nitrogens with two attached hydrogens (primary N) is 2.